The van der Waals surface area contributed by atoms with Gasteiger partial charge < -0.3 is 41.2 Å². The van der Waals surface area contributed by atoms with Crippen LogP contribution in [0.1, 0.15) is 57.7 Å². The molecule has 1 aliphatic heterocycles. The van der Waals surface area contributed by atoms with Crippen LogP contribution in [0.5, 0.6) is 0 Å². The summed E-state index contributed by atoms with van der Waals surface area (Å²) in [5.74, 6) is 0.183. The first-order valence-electron chi connectivity index (χ1n) is 17.3. The van der Waals surface area contributed by atoms with Gasteiger partial charge in [0.2, 0.25) is 11.8 Å². The molecule has 0 bridgehead atoms. The molecule has 13 nitrogen and oxygen atoms in total. The number of amides is 3. The number of carboxylic acid groups (broad SMARTS) is 1. The number of aromatic nitrogens is 3. The summed E-state index contributed by atoms with van der Waals surface area (Å²) in [5.41, 5.74) is 5.59. The van der Waals surface area contributed by atoms with Crippen LogP contribution in [-0.4, -0.2) is 74.1 Å². The number of nitrogens with one attached hydrogen (secondary N) is 6. The molecule has 1 atom stereocenters. The second-order valence-corrected chi connectivity index (χ2v) is 14.4. The third-order valence-electron chi connectivity index (χ3n) is 9.77. The largest absolute Gasteiger partial charge is 0.465 e. The van der Waals surface area contributed by atoms with Gasteiger partial charge in [-0.1, -0.05) is 24.3 Å². The molecule has 0 saturated heterocycles. The molecule has 2 aliphatic rings. The van der Waals surface area contributed by atoms with E-state index in [2.05, 4.69) is 37.3 Å². The fraction of sp³-hybridized carbons (Fsp3) is 0.432. The Bertz CT molecular complexity index is 1940. The molecule has 50 heavy (non-hydrogen) atoms. The highest BCUT2D eigenvalue weighted by Gasteiger charge is 2.33. The minimum Gasteiger partial charge on any atom is -0.465 e. The van der Waals surface area contributed by atoms with Crippen molar-refractivity contribution in [2.24, 2.45) is 11.8 Å². The number of rotatable bonds is 9. The van der Waals surface area contributed by atoms with E-state index in [1.807, 2.05) is 52.0 Å². The van der Waals surface area contributed by atoms with E-state index < -0.39 is 17.7 Å². The third kappa shape index (κ3) is 7.93. The normalized spacial score (nSPS) is 17.9. The minimum absolute atomic E-state index is 0.169. The van der Waals surface area contributed by atoms with E-state index >= 15 is 0 Å². The number of carbonyl (C=O) groups excluding carboxylic acids is 2. The van der Waals surface area contributed by atoms with Gasteiger partial charge in [0.05, 0.1) is 16.7 Å². The Morgan fingerprint density at radius 2 is 1.66 bits per heavy atom. The van der Waals surface area contributed by atoms with Gasteiger partial charge in [0.15, 0.2) is 0 Å². The molecule has 0 spiro atoms. The zero-order valence-corrected chi connectivity index (χ0v) is 29.0. The number of fused-ring (bicyclic) bond motifs is 2. The molecule has 2 aromatic carbocycles. The minimum atomic E-state index is -0.940. The number of H-pyrrole nitrogens is 2. The number of hydrogen-bond acceptors (Lipinski definition) is 7. The van der Waals surface area contributed by atoms with Gasteiger partial charge in [-0.2, -0.15) is 0 Å². The van der Waals surface area contributed by atoms with Crippen molar-refractivity contribution in [3.05, 3.63) is 70.3 Å². The molecular formula is C37H46N8O5. The van der Waals surface area contributed by atoms with Gasteiger partial charge in [0.1, 0.15) is 11.9 Å². The molecule has 1 saturated carbocycles. The number of carbonyl (C=O) groups is 3. The lowest BCUT2D eigenvalue weighted by atomic mass is 9.80. The van der Waals surface area contributed by atoms with Crippen molar-refractivity contribution in [1.82, 2.24) is 25.2 Å². The molecule has 3 amide bonds. The van der Waals surface area contributed by atoms with Crippen molar-refractivity contribution >= 4 is 46.1 Å². The van der Waals surface area contributed by atoms with Gasteiger partial charge in [0.25, 0.3) is 0 Å². The molecule has 6 rings (SSSR count). The summed E-state index contributed by atoms with van der Waals surface area (Å²) >= 11 is 0. The molecule has 4 aromatic rings. The van der Waals surface area contributed by atoms with E-state index in [1.54, 1.807) is 18.2 Å². The first-order chi connectivity index (χ1) is 23.8. The Morgan fingerprint density at radius 1 is 0.960 bits per heavy atom. The first-order valence-corrected chi connectivity index (χ1v) is 17.3. The first kappa shape index (κ1) is 34.5. The van der Waals surface area contributed by atoms with E-state index in [0.717, 1.165) is 59.8 Å². The lowest BCUT2D eigenvalue weighted by Crippen LogP contribution is -2.49. The second kappa shape index (κ2) is 14.3. The predicted molar refractivity (Wildman–Crippen MR) is 195 cm³/mol. The Morgan fingerprint density at radius 3 is 2.36 bits per heavy atom. The van der Waals surface area contributed by atoms with Crippen molar-refractivity contribution in [3.63, 3.8) is 0 Å². The Kier molecular flexibility index (Phi) is 9.85. The Labute approximate surface area is 290 Å². The third-order valence-corrected chi connectivity index (χ3v) is 9.77. The van der Waals surface area contributed by atoms with Gasteiger partial charge in [-0.3, -0.25) is 9.59 Å². The summed E-state index contributed by atoms with van der Waals surface area (Å²) < 4.78 is 0. The van der Waals surface area contributed by atoms with Crippen LogP contribution < -0.4 is 27.0 Å². The second-order valence-electron chi connectivity index (χ2n) is 14.4. The van der Waals surface area contributed by atoms with E-state index in [9.17, 15) is 24.3 Å². The molecular weight excluding hydrogens is 636 g/mol. The van der Waals surface area contributed by atoms with Crippen molar-refractivity contribution < 1.29 is 19.5 Å². The SMILES string of the molecule is Cc1nc2c(cc1-c1ccc(CC(NC(=O)[C@H]3CC[C@H](CN(C(=O)O)C(C)(C)C)CC3)C(=O)Nc3ccc4[nH]c(=O)[nH]c4c3)cc1)NCCN2. The quantitative estimate of drug-likeness (QED) is 0.124. The molecule has 3 heterocycles. The lowest BCUT2D eigenvalue weighted by Gasteiger charge is -2.38. The number of benzene rings is 2. The average Bonchev–Trinajstić information content (AvgIpc) is 3.45. The molecule has 1 aliphatic carbocycles. The number of pyridine rings is 1. The number of nitrogens with zero attached hydrogens (tertiary/aromatic N) is 2. The van der Waals surface area contributed by atoms with Crippen LogP contribution in [0.3, 0.4) is 0 Å². The van der Waals surface area contributed by atoms with Crippen LogP contribution in [0.4, 0.5) is 22.0 Å². The highest BCUT2D eigenvalue weighted by Crippen LogP contribution is 2.33. The van der Waals surface area contributed by atoms with Crippen LogP contribution >= 0.6 is 0 Å². The predicted octanol–water partition coefficient (Wildman–Crippen LogP) is 5.31. The van der Waals surface area contributed by atoms with Crippen molar-refractivity contribution in [2.45, 2.75) is 71.4 Å². The summed E-state index contributed by atoms with van der Waals surface area (Å²) in [7, 11) is 0. The number of anilines is 3. The van der Waals surface area contributed by atoms with E-state index in [1.165, 1.54) is 4.90 Å². The number of aryl methyl sites for hydroxylation is 1. The lowest BCUT2D eigenvalue weighted by molar-refractivity contribution is -0.130. The highest BCUT2D eigenvalue weighted by molar-refractivity contribution is 5.98. The van der Waals surface area contributed by atoms with Gasteiger partial charge in [-0.05, 0) is 94.7 Å². The fourth-order valence-electron chi connectivity index (χ4n) is 6.94. The Hall–Kier alpha value is -5.33. The molecule has 264 valence electrons. The van der Waals surface area contributed by atoms with Gasteiger partial charge in [0, 0.05) is 54.5 Å². The monoisotopic (exact) mass is 682 g/mol. The molecule has 1 unspecified atom stereocenters. The summed E-state index contributed by atoms with van der Waals surface area (Å²) in [5, 5.41) is 22.4. The van der Waals surface area contributed by atoms with Crippen molar-refractivity contribution in [3.8, 4) is 11.1 Å². The fourth-order valence-corrected chi connectivity index (χ4v) is 6.94. The molecule has 7 N–H and O–H groups in total. The van der Waals surface area contributed by atoms with Crippen LogP contribution in [0, 0.1) is 18.8 Å². The molecule has 0 radical (unpaired) electrons. The smallest absolute Gasteiger partial charge is 0.407 e. The maximum absolute atomic E-state index is 13.8. The topological polar surface area (TPSA) is 184 Å². The van der Waals surface area contributed by atoms with E-state index in [0.29, 0.717) is 36.1 Å². The molecule has 2 aromatic heterocycles. The van der Waals surface area contributed by atoms with Crippen LogP contribution in [0.15, 0.2) is 53.3 Å². The summed E-state index contributed by atoms with van der Waals surface area (Å²) in [6.07, 6.45) is 2.02. The summed E-state index contributed by atoms with van der Waals surface area (Å²) in [6, 6.07) is 14.3. The average molecular weight is 683 g/mol. The van der Waals surface area contributed by atoms with Crippen LogP contribution in [-0.2, 0) is 16.0 Å². The van der Waals surface area contributed by atoms with Gasteiger partial charge in [-0.25, -0.2) is 14.6 Å². The van der Waals surface area contributed by atoms with Gasteiger partial charge >= 0.3 is 11.8 Å². The van der Waals surface area contributed by atoms with Crippen LogP contribution in [0.25, 0.3) is 22.2 Å². The maximum Gasteiger partial charge on any atom is 0.407 e. The highest BCUT2D eigenvalue weighted by atomic mass is 16.4. The number of aromatic amines is 2. The Balaban J connectivity index is 1.16. The van der Waals surface area contributed by atoms with Gasteiger partial charge in [-0.15, -0.1) is 0 Å². The summed E-state index contributed by atoms with van der Waals surface area (Å²) in [6.45, 7) is 9.71. The van der Waals surface area contributed by atoms with Crippen LogP contribution in [0.2, 0.25) is 0 Å². The maximum atomic E-state index is 13.8. The molecule has 1 fully saturated rings. The number of imidazole rings is 1. The van der Waals surface area contributed by atoms with E-state index in [4.69, 9.17) is 4.98 Å². The number of hydrogen-bond donors (Lipinski definition) is 7. The molecule has 13 heteroatoms. The zero-order chi connectivity index (χ0) is 35.6. The van der Waals surface area contributed by atoms with Crippen molar-refractivity contribution in [1.29, 1.82) is 0 Å². The zero-order valence-electron chi connectivity index (χ0n) is 29.0. The van der Waals surface area contributed by atoms with Crippen molar-refractivity contribution in [2.75, 3.05) is 35.6 Å². The standard InChI is InChI=1S/C37H46N8O5/c1-21-27(19-30-32(40-21)39-16-15-38-30)24-9-5-22(6-10-24)17-31(34(47)41-26-13-14-28-29(18-26)44-35(48)43-28)42-33(46)25-11-7-23(8-12-25)20-45(36(49)50)37(2,3)4/h5-6,9-10,13-14,18-19,23,25,31,38H,7-8,11-12,15-17,20H2,1-4H3,(H,39,40)(H,41,47)(H,42,46)(H,49,50)(H2,43,44,48)/t23-,25-,31?. The summed E-state index contributed by atoms with van der Waals surface area (Å²) in [4.78, 5) is 62.7. The van der Waals surface area contributed by atoms with E-state index in [-0.39, 0.29) is 35.8 Å².